The molecular weight excluding hydrogens is 500 g/mol. The molecule has 11 heteroatoms. The summed E-state index contributed by atoms with van der Waals surface area (Å²) in [5, 5.41) is 4.49. The zero-order valence-corrected chi connectivity index (χ0v) is 19.2. The first kappa shape index (κ1) is 25.1. The molecule has 0 radical (unpaired) electrons. The smallest absolute Gasteiger partial charge is 0.422 e. The molecule has 0 aliphatic rings. The van der Waals surface area contributed by atoms with Crippen molar-refractivity contribution in [2.75, 3.05) is 6.61 Å². The number of hydrogen-bond acceptors (Lipinski definition) is 5. The van der Waals surface area contributed by atoms with Gasteiger partial charge in [0.1, 0.15) is 11.6 Å². The fourth-order valence-electron chi connectivity index (χ4n) is 3.37. The lowest BCUT2D eigenvalue weighted by atomic mass is 10.1. The molecule has 1 aromatic heterocycles. The summed E-state index contributed by atoms with van der Waals surface area (Å²) in [5.41, 5.74) is 1.03. The SMILES string of the molecule is O=C(NCc1ccc(S(=O)(=O)c2cc(F)cc(OCC(F)(F)F)c2)cc1)c1ccc2ccncc2c1. The standard InChI is InChI=1S/C25H18F4N2O4S/c26-20-10-21(35-15-25(27,28)29)12-23(11-20)36(33,34)22-5-1-16(2-6-22)13-31-24(32)18-4-3-17-7-8-30-14-19(17)9-18/h1-12,14H,13,15H2,(H,31,32). The van der Waals surface area contributed by atoms with E-state index in [0.717, 1.165) is 16.8 Å². The Labute approximate surface area is 203 Å². The molecular formula is C25H18F4N2O4S. The first-order valence-corrected chi connectivity index (χ1v) is 12.0. The maximum atomic E-state index is 13.9. The lowest BCUT2D eigenvalue weighted by Crippen LogP contribution is -2.22. The zero-order chi connectivity index (χ0) is 25.9. The molecule has 0 spiro atoms. The van der Waals surface area contributed by atoms with Gasteiger partial charge in [-0.3, -0.25) is 9.78 Å². The van der Waals surface area contributed by atoms with Gasteiger partial charge in [0.25, 0.3) is 5.91 Å². The predicted octanol–water partition coefficient (Wildman–Crippen LogP) is 5.08. The average molecular weight is 518 g/mol. The van der Waals surface area contributed by atoms with Crippen molar-refractivity contribution in [3.63, 3.8) is 0 Å². The molecule has 0 fully saturated rings. The third-order valence-electron chi connectivity index (χ3n) is 5.15. The van der Waals surface area contributed by atoms with E-state index in [-0.39, 0.29) is 17.3 Å². The highest BCUT2D eigenvalue weighted by molar-refractivity contribution is 7.91. The van der Waals surface area contributed by atoms with Crippen LogP contribution in [0.4, 0.5) is 17.6 Å². The van der Waals surface area contributed by atoms with Crippen molar-refractivity contribution < 1.29 is 35.5 Å². The molecule has 6 nitrogen and oxygen atoms in total. The van der Waals surface area contributed by atoms with Crippen molar-refractivity contribution in [3.8, 4) is 5.75 Å². The van der Waals surface area contributed by atoms with Crippen molar-refractivity contribution in [1.29, 1.82) is 0 Å². The van der Waals surface area contributed by atoms with Crippen LogP contribution in [-0.2, 0) is 16.4 Å². The third kappa shape index (κ3) is 5.98. The average Bonchev–Trinajstić information content (AvgIpc) is 2.85. The molecule has 4 aromatic rings. The Kier molecular flexibility index (Phi) is 6.93. The summed E-state index contributed by atoms with van der Waals surface area (Å²) in [5.74, 6) is -1.95. The summed E-state index contributed by atoms with van der Waals surface area (Å²) in [6.07, 6.45) is -1.36. The lowest BCUT2D eigenvalue weighted by Gasteiger charge is -2.12. The number of halogens is 4. The van der Waals surface area contributed by atoms with E-state index < -0.39 is 39.1 Å². The van der Waals surface area contributed by atoms with Gasteiger partial charge in [-0.15, -0.1) is 0 Å². The van der Waals surface area contributed by atoms with E-state index in [0.29, 0.717) is 23.3 Å². The molecule has 0 atom stereocenters. The minimum Gasteiger partial charge on any atom is -0.484 e. The van der Waals surface area contributed by atoms with E-state index in [4.69, 9.17) is 0 Å². The van der Waals surface area contributed by atoms with E-state index >= 15 is 0 Å². The molecule has 1 amide bonds. The number of sulfone groups is 1. The predicted molar refractivity (Wildman–Crippen MR) is 123 cm³/mol. The number of ether oxygens (including phenoxy) is 1. The molecule has 3 aromatic carbocycles. The third-order valence-corrected chi connectivity index (χ3v) is 6.90. The monoisotopic (exact) mass is 518 g/mol. The van der Waals surface area contributed by atoms with Gasteiger partial charge in [0.15, 0.2) is 6.61 Å². The Hall–Kier alpha value is -3.99. The molecule has 0 saturated heterocycles. The van der Waals surface area contributed by atoms with Gasteiger partial charge in [-0.1, -0.05) is 18.2 Å². The summed E-state index contributed by atoms with van der Waals surface area (Å²) in [6.45, 7) is -1.58. The molecule has 0 unspecified atom stereocenters. The van der Waals surface area contributed by atoms with Gasteiger partial charge < -0.3 is 10.1 Å². The summed E-state index contributed by atoms with van der Waals surface area (Å²) < 4.78 is 81.3. The Morgan fingerprint density at radius 1 is 0.917 bits per heavy atom. The van der Waals surface area contributed by atoms with Crippen LogP contribution in [0, 0.1) is 5.82 Å². The van der Waals surface area contributed by atoms with E-state index in [9.17, 15) is 30.8 Å². The lowest BCUT2D eigenvalue weighted by molar-refractivity contribution is -0.153. The number of benzene rings is 3. The number of hydrogen-bond donors (Lipinski definition) is 1. The Balaban J connectivity index is 1.45. The highest BCUT2D eigenvalue weighted by Crippen LogP contribution is 2.27. The maximum Gasteiger partial charge on any atom is 0.422 e. The number of rotatable bonds is 7. The van der Waals surface area contributed by atoms with Gasteiger partial charge in [-0.2, -0.15) is 13.2 Å². The summed E-state index contributed by atoms with van der Waals surface area (Å²) in [6, 6.07) is 14.7. The van der Waals surface area contributed by atoms with Crippen LogP contribution in [0.2, 0.25) is 0 Å². The molecule has 0 aliphatic heterocycles. The van der Waals surface area contributed by atoms with Crippen LogP contribution >= 0.6 is 0 Å². The normalized spacial score (nSPS) is 11.9. The summed E-state index contributed by atoms with van der Waals surface area (Å²) in [4.78, 5) is 15.8. The van der Waals surface area contributed by atoms with Crippen LogP contribution in [0.25, 0.3) is 10.8 Å². The number of fused-ring (bicyclic) bond motifs is 1. The number of nitrogens with one attached hydrogen (secondary N) is 1. The molecule has 186 valence electrons. The van der Waals surface area contributed by atoms with Crippen LogP contribution in [-0.4, -0.2) is 32.1 Å². The topological polar surface area (TPSA) is 85.4 Å². The molecule has 0 aliphatic carbocycles. The van der Waals surface area contributed by atoms with Crippen LogP contribution < -0.4 is 10.1 Å². The number of amides is 1. The minimum atomic E-state index is -4.66. The molecule has 0 saturated carbocycles. The largest absolute Gasteiger partial charge is 0.484 e. The minimum absolute atomic E-state index is 0.111. The van der Waals surface area contributed by atoms with Gasteiger partial charge in [0, 0.05) is 36.0 Å². The number of carbonyl (C=O) groups is 1. The van der Waals surface area contributed by atoms with E-state index in [1.165, 1.54) is 24.3 Å². The fourth-order valence-corrected chi connectivity index (χ4v) is 4.68. The van der Waals surface area contributed by atoms with Crippen molar-refractivity contribution in [3.05, 3.63) is 96.1 Å². The van der Waals surface area contributed by atoms with Gasteiger partial charge in [0.05, 0.1) is 9.79 Å². The van der Waals surface area contributed by atoms with E-state index in [2.05, 4.69) is 15.0 Å². The number of nitrogens with zero attached hydrogens (tertiary/aromatic N) is 1. The van der Waals surface area contributed by atoms with Crippen molar-refractivity contribution in [2.45, 2.75) is 22.5 Å². The van der Waals surface area contributed by atoms with Crippen molar-refractivity contribution >= 4 is 26.5 Å². The molecule has 1 heterocycles. The van der Waals surface area contributed by atoms with E-state index in [1.807, 2.05) is 6.07 Å². The summed E-state index contributed by atoms with van der Waals surface area (Å²) in [7, 11) is -4.24. The quantitative estimate of drug-likeness (QED) is 0.345. The van der Waals surface area contributed by atoms with E-state index in [1.54, 1.807) is 30.6 Å². The Bertz CT molecular complexity index is 1520. The second-order valence-electron chi connectivity index (χ2n) is 7.79. The number of aromatic nitrogens is 1. The number of alkyl halides is 3. The first-order valence-electron chi connectivity index (χ1n) is 10.5. The van der Waals surface area contributed by atoms with Gasteiger partial charge in [0.2, 0.25) is 9.84 Å². The molecule has 4 rings (SSSR count). The Morgan fingerprint density at radius 3 is 2.39 bits per heavy atom. The fraction of sp³-hybridized carbons (Fsp3) is 0.120. The highest BCUT2D eigenvalue weighted by atomic mass is 32.2. The number of pyridine rings is 1. The zero-order valence-electron chi connectivity index (χ0n) is 18.4. The van der Waals surface area contributed by atoms with Crippen LogP contribution in [0.1, 0.15) is 15.9 Å². The second-order valence-corrected chi connectivity index (χ2v) is 9.74. The first-order chi connectivity index (χ1) is 17.0. The van der Waals surface area contributed by atoms with Gasteiger partial charge in [-0.25, -0.2) is 12.8 Å². The van der Waals surface area contributed by atoms with Crippen LogP contribution in [0.15, 0.2) is 88.9 Å². The summed E-state index contributed by atoms with van der Waals surface area (Å²) >= 11 is 0. The Morgan fingerprint density at radius 2 is 1.67 bits per heavy atom. The maximum absolute atomic E-state index is 13.9. The molecule has 36 heavy (non-hydrogen) atoms. The van der Waals surface area contributed by atoms with Crippen LogP contribution in [0.5, 0.6) is 5.75 Å². The number of carbonyl (C=O) groups excluding carboxylic acids is 1. The van der Waals surface area contributed by atoms with Crippen molar-refractivity contribution in [1.82, 2.24) is 10.3 Å². The van der Waals surface area contributed by atoms with Gasteiger partial charge in [-0.05, 0) is 53.4 Å². The molecule has 1 N–H and O–H groups in total. The van der Waals surface area contributed by atoms with Crippen molar-refractivity contribution in [2.24, 2.45) is 0 Å². The van der Waals surface area contributed by atoms with Gasteiger partial charge >= 0.3 is 6.18 Å². The van der Waals surface area contributed by atoms with Crippen LogP contribution in [0.3, 0.4) is 0 Å². The highest BCUT2D eigenvalue weighted by Gasteiger charge is 2.29. The second kappa shape index (κ2) is 9.94. The molecule has 0 bridgehead atoms.